The first-order chi connectivity index (χ1) is 14.1. The summed E-state index contributed by atoms with van der Waals surface area (Å²) >= 11 is 0. The lowest BCUT2D eigenvalue weighted by Crippen LogP contribution is -2.45. The van der Waals surface area contributed by atoms with Crippen molar-refractivity contribution in [3.05, 3.63) is 23.9 Å². The van der Waals surface area contributed by atoms with Gasteiger partial charge in [0.1, 0.15) is 6.10 Å². The van der Waals surface area contributed by atoms with E-state index in [0.29, 0.717) is 12.4 Å². The molecule has 1 saturated carbocycles. The number of likely N-dealkylation sites (tertiary alicyclic amines) is 1. The number of halogens is 1. The predicted octanol–water partition coefficient (Wildman–Crippen LogP) is 3.33. The fourth-order valence-corrected chi connectivity index (χ4v) is 3.94. The monoisotopic (exact) mass is 529 g/mol. The van der Waals surface area contributed by atoms with E-state index in [1.807, 2.05) is 30.9 Å². The molecule has 0 bridgehead atoms. The number of nitrogens with one attached hydrogen (secondary N) is 2. The predicted molar refractivity (Wildman–Crippen MR) is 130 cm³/mol. The van der Waals surface area contributed by atoms with Gasteiger partial charge in [0, 0.05) is 43.4 Å². The quantitative estimate of drug-likeness (QED) is 0.322. The van der Waals surface area contributed by atoms with Crippen LogP contribution in [0.1, 0.15) is 58.4 Å². The normalized spacial score (nSPS) is 19.7. The number of carbonyl (C=O) groups excluding carboxylic acids is 1. The number of nitrogens with zero attached hydrogens (tertiary/aromatic N) is 3. The zero-order valence-electron chi connectivity index (χ0n) is 18.4. The van der Waals surface area contributed by atoms with Crippen LogP contribution in [0.5, 0.6) is 5.88 Å². The Hall–Kier alpha value is -1.58. The number of amides is 1. The molecule has 2 N–H and O–H groups in total. The van der Waals surface area contributed by atoms with Gasteiger partial charge >= 0.3 is 0 Å². The smallest absolute Gasteiger partial charge is 0.225 e. The number of pyridine rings is 1. The van der Waals surface area contributed by atoms with Crippen molar-refractivity contribution in [2.24, 2.45) is 10.9 Å². The summed E-state index contributed by atoms with van der Waals surface area (Å²) in [6.45, 7) is 8.78. The van der Waals surface area contributed by atoms with Gasteiger partial charge in [0.15, 0.2) is 5.96 Å². The molecule has 1 amide bonds. The summed E-state index contributed by atoms with van der Waals surface area (Å²) in [4.78, 5) is 23.4. The van der Waals surface area contributed by atoms with E-state index in [9.17, 15) is 4.79 Å². The minimum absolute atomic E-state index is 0. The third-order valence-corrected chi connectivity index (χ3v) is 5.52. The number of hydrogen-bond acceptors (Lipinski definition) is 4. The maximum Gasteiger partial charge on any atom is 0.225 e. The van der Waals surface area contributed by atoms with Crippen molar-refractivity contribution >= 4 is 35.8 Å². The molecule has 1 saturated heterocycles. The van der Waals surface area contributed by atoms with Gasteiger partial charge < -0.3 is 20.3 Å². The first-order valence-electron chi connectivity index (χ1n) is 11.0. The summed E-state index contributed by atoms with van der Waals surface area (Å²) < 4.78 is 6.13. The van der Waals surface area contributed by atoms with E-state index >= 15 is 0 Å². The third-order valence-electron chi connectivity index (χ3n) is 5.52. The van der Waals surface area contributed by atoms with Gasteiger partial charge in [0.25, 0.3) is 0 Å². The van der Waals surface area contributed by atoms with E-state index in [2.05, 4.69) is 22.5 Å². The summed E-state index contributed by atoms with van der Waals surface area (Å²) in [5, 5.41) is 6.80. The summed E-state index contributed by atoms with van der Waals surface area (Å²) in [6.07, 6.45) is 7.68. The number of hydrogen-bond donors (Lipinski definition) is 2. The van der Waals surface area contributed by atoms with Gasteiger partial charge in [0.05, 0.1) is 6.54 Å². The first-order valence-corrected chi connectivity index (χ1v) is 11.0. The minimum atomic E-state index is 0. The van der Waals surface area contributed by atoms with E-state index in [4.69, 9.17) is 9.73 Å². The molecule has 1 aromatic rings. The van der Waals surface area contributed by atoms with Gasteiger partial charge in [-0.1, -0.05) is 19.9 Å². The second kappa shape index (κ2) is 12.3. The van der Waals surface area contributed by atoms with Gasteiger partial charge in [-0.3, -0.25) is 4.79 Å². The Kier molecular flexibility index (Phi) is 10.1. The Bertz CT molecular complexity index is 707. The number of guanidine groups is 1. The van der Waals surface area contributed by atoms with E-state index in [-0.39, 0.29) is 47.9 Å². The van der Waals surface area contributed by atoms with Gasteiger partial charge in [-0.2, -0.15) is 0 Å². The van der Waals surface area contributed by atoms with Crippen LogP contribution >= 0.6 is 24.0 Å². The maximum atomic E-state index is 12.2. The molecule has 0 radical (unpaired) electrons. The Morgan fingerprint density at radius 1 is 1.33 bits per heavy atom. The SMILES string of the molecule is CCNC(=NCc1cccnc1OC1CCCC1)NC1CCN(C(=O)C(C)C)C1.I. The molecule has 7 nitrogen and oxygen atoms in total. The van der Waals surface area contributed by atoms with E-state index in [1.165, 1.54) is 12.8 Å². The average Bonchev–Trinajstić information content (AvgIpc) is 3.39. The number of carbonyl (C=O) groups is 1. The molecule has 2 aliphatic rings. The number of rotatable bonds is 7. The fourth-order valence-electron chi connectivity index (χ4n) is 3.94. The number of ether oxygens (including phenoxy) is 1. The van der Waals surface area contributed by atoms with Crippen LogP contribution in [-0.4, -0.2) is 53.5 Å². The van der Waals surface area contributed by atoms with Crippen LogP contribution in [0, 0.1) is 5.92 Å². The Morgan fingerprint density at radius 3 is 2.80 bits per heavy atom. The first kappa shape index (κ1) is 24.7. The molecular formula is C22H36IN5O2. The molecule has 1 aliphatic heterocycles. The van der Waals surface area contributed by atoms with Crippen molar-refractivity contribution in [2.75, 3.05) is 19.6 Å². The maximum absolute atomic E-state index is 12.2. The van der Waals surface area contributed by atoms with Crippen LogP contribution in [0.15, 0.2) is 23.3 Å². The van der Waals surface area contributed by atoms with Gasteiger partial charge in [-0.05, 0) is 45.1 Å². The Labute approximate surface area is 197 Å². The molecule has 0 aromatic carbocycles. The van der Waals surface area contributed by atoms with Crippen molar-refractivity contribution in [1.29, 1.82) is 0 Å². The van der Waals surface area contributed by atoms with Gasteiger partial charge in [-0.25, -0.2) is 9.98 Å². The molecule has 1 atom stereocenters. The molecule has 30 heavy (non-hydrogen) atoms. The Morgan fingerprint density at radius 2 is 2.10 bits per heavy atom. The molecule has 2 heterocycles. The lowest BCUT2D eigenvalue weighted by molar-refractivity contribution is -0.133. The second-order valence-corrected chi connectivity index (χ2v) is 8.26. The lowest BCUT2D eigenvalue weighted by Gasteiger charge is -2.20. The van der Waals surface area contributed by atoms with E-state index in [0.717, 1.165) is 50.4 Å². The van der Waals surface area contributed by atoms with Crippen LogP contribution in [-0.2, 0) is 11.3 Å². The van der Waals surface area contributed by atoms with E-state index in [1.54, 1.807) is 6.20 Å². The number of aliphatic imine (C=N–C) groups is 1. The van der Waals surface area contributed by atoms with Crippen molar-refractivity contribution in [2.45, 2.75) is 71.6 Å². The molecule has 3 rings (SSSR count). The van der Waals surface area contributed by atoms with Gasteiger partial charge in [-0.15, -0.1) is 24.0 Å². The zero-order valence-corrected chi connectivity index (χ0v) is 20.7. The highest BCUT2D eigenvalue weighted by molar-refractivity contribution is 14.0. The summed E-state index contributed by atoms with van der Waals surface area (Å²) in [6, 6.07) is 4.18. The average molecular weight is 529 g/mol. The fraction of sp³-hybridized carbons (Fsp3) is 0.682. The molecule has 168 valence electrons. The molecule has 1 aromatic heterocycles. The van der Waals surface area contributed by atoms with Gasteiger partial charge in [0.2, 0.25) is 11.8 Å². The zero-order chi connectivity index (χ0) is 20.6. The molecule has 1 aliphatic carbocycles. The summed E-state index contributed by atoms with van der Waals surface area (Å²) in [7, 11) is 0. The van der Waals surface area contributed by atoms with Crippen LogP contribution < -0.4 is 15.4 Å². The lowest BCUT2D eigenvalue weighted by atomic mass is 10.2. The minimum Gasteiger partial charge on any atom is -0.474 e. The molecule has 1 unspecified atom stereocenters. The second-order valence-electron chi connectivity index (χ2n) is 8.26. The molecular weight excluding hydrogens is 493 g/mol. The highest BCUT2D eigenvalue weighted by atomic mass is 127. The highest BCUT2D eigenvalue weighted by Gasteiger charge is 2.28. The molecule has 0 spiro atoms. The van der Waals surface area contributed by atoms with Crippen LogP contribution in [0.3, 0.4) is 0 Å². The molecule has 2 fully saturated rings. The van der Waals surface area contributed by atoms with Crippen molar-refractivity contribution in [3.8, 4) is 5.88 Å². The Balaban J connectivity index is 0.00000320. The summed E-state index contributed by atoms with van der Waals surface area (Å²) in [5.74, 6) is 1.74. The topological polar surface area (TPSA) is 78.9 Å². The van der Waals surface area contributed by atoms with Crippen molar-refractivity contribution in [3.63, 3.8) is 0 Å². The van der Waals surface area contributed by atoms with Crippen LogP contribution in [0.2, 0.25) is 0 Å². The van der Waals surface area contributed by atoms with Crippen LogP contribution in [0.4, 0.5) is 0 Å². The molecule has 8 heteroatoms. The largest absolute Gasteiger partial charge is 0.474 e. The van der Waals surface area contributed by atoms with Crippen molar-refractivity contribution in [1.82, 2.24) is 20.5 Å². The highest BCUT2D eigenvalue weighted by Crippen LogP contribution is 2.25. The van der Waals surface area contributed by atoms with E-state index < -0.39 is 0 Å². The number of aromatic nitrogens is 1. The third kappa shape index (κ3) is 6.99. The van der Waals surface area contributed by atoms with Crippen molar-refractivity contribution < 1.29 is 9.53 Å². The van der Waals surface area contributed by atoms with Crippen LogP contribution in [0.25, 0.3) is 0 Å². The summed E-state index contributed by atoms with van der Waals surface area (Å²) in [5.41, 5.74) is 1.000. The standard InChI is InChI=1S/C22H35N5O2.HI/c1-4-23-22(26-18-11-13-27(15-18)21(28)16(2)3)25-14-17-8-7-12-24-20(17)29-19-9-5-6-10-19;/h7-8,12,16,18-19H,4-6,9-11,13-15H2,1-3H3,(H2,23,25,26);1H.